The molecular weight excluding hydrogens is 469 g/mol. The van der Waals surface area contributed by atoms with Crippen LogP contribution in [-0.2, 0) is 20.7 Å². The highest BCUT2D eigenvalue weighted by Crippen LogP contribution is 2.34. The molecule has 0 radical (unpaired) electrons. The van der Waals surface area contributed by atoms with E-state index in [1.807, 2.05) is 6.07 Å². The van der Waals surface area contributed by atoms with Crippen molar-refractivity contribution in [3.8, 4) is 0 Å². The molecule has 1 aliphatic carbocycles. The van der Waals surface area contributed by atoms with Crippen LogP contribution in [0.4, 0.5) is 0 Å². The molecule has 2 aliphatic rings. The Balaban J connectivity index is 1.52. The highest BCUT2D eigenvalue weighted by molar-refractivity contribution is 6.25. The van der Waals surface area contributed by atoms with E-state index in [1.165, 1.54) is 0 Å². The number of nitrogens with one attached hydrogen (secondary N) is 1. The summed E-state index contributed by atoms with van der Waals surface area (Å²) in [5, 5.41) is 21.4. The van der Waals surface area contributed by atoms with E-state index in [1.54, 1.807) is 24.3 Å². The van der Waals surface area contributed by atoms with Crippen molar-refractivity contribution in [1.29, 1.82) is 0 Å². The zero-order chi connectivity index (χ0) is 24.0. The van der Waals surface area contributed by atoms with E-state index in [4.69, 9.17) is 27.9 Å². The summed E-state index contributed by atoms with van der Waals surface area (Å²) in [5.41, 5.74) is 0.786. The van der Waals surface area contributed by atoms with E-state index in [0.717, 1.165) is 38.3 Å². The number of rotatable bonds is 9. The van der Waals surface area contributed by atoms with Crippen LogP contribution >= 0.6 is 23.2 Å². The number of aliphatic hydroxyl groups excluding tert-OH is 1. The van der Waals surface area contributed by atoms with Crippen molar-refractivity contribution in [1.82, 2.24) is 15.1 Å². The number of amides is 1. The van der Waals surface area contributed by atoms with E-state index in [0.29, 0.717) is 6.61 Å². The molecule has 0 bridgehead atoms. The van der Waals surface area contributed by atoms with Gasteiger partial charge in [-0.15, -0.1) is 23.2 Å². The number of hydrogen-bond donors (Lipinski definition) is 3. The van der Waals surface area contributed by atoms with Crippen LogP contribution in [0.1, 0.15) is 12.0 Å². The van der Waals surface area contributed by atoms with E-state index in [2.05, 4.69) is 22.2 Å². The molecule has 5 unspecified atom stereocenters. The second-order valence-electron chi connectivity index (χ2n) is 8.86. The summed E-state index contributed by atoms with van der Waals surface area (Å²) in [5.74, 6) is -2.63. The van der Waals surface area contributed by atoms with Gasteiger partial charge < -0.3 is 25.2 Å². The van der Waals surface area contributed by atoms with Gasteiger partial charge in [0.2, 0.25) is 5.91 Å². The standard InChI is InChI=1S/C23H33Cl2N3O5/c1-27-7-9-28(10-8-27)11-12-33-21-17(24)14-16(20(29)19(21)25)22(30)26-18(23(31)32)13-15-5-3-2-4-6-15/h2-6,16-21,29H,7-14H2,1H3,(H,26,30)(H,31,32)/t16?,17?,18-,19?,20?,21?/m0/s1. The molecule has 33 heavy (non-hydrogen) atoms. The van der Waals surface area contributed by atoms with Crippen molar-refractivity contribution in [2.75, 3.05) is 46.4 Å². The Morgan fingerprint density at radius 3 is 2.48 bits per heavy atom. The number of carbonyl (C=O) groups excluding carboxylic acids is 1. The summed E-state index contributed by atoms with van der Waals surface area (Å²) in [4.78, 5) is 29.1. The SMILES string of the molecule is CN1CCN(CCOC2C(Cl)CC(C(=O)N[C@@H](Cc3ccccc3)C(=O)O)C(O)C2Cl)CC1. The minimum absolute atomic E-state index is 0.136. The Labute approximate surface area is 204 Å². The Hall–Kier alpha value is -1.42. The van der Waals surface area contributed by atoms with E-state index in [-0.39, 0.29) is 12.8 Å². The number of piperazine rings is 1. The third-order valence-electron chi connectivity index (χ3n) is 6.44. The molecule has 6 atom stereocenters. The van der Waals surface area contributed by atoms with Crippen molar-refractivity contribution in [3.05, 3.63) is 35.9 Å². The first kappa shape index (κ1) is 26.2. The van der Waals surface area contributed by atoms with Crippen LogP contribution in [0.3, 0.4) is 0 Å². The summed E-state index contributed by atoms with van der Waals surface area (Å²) in [6, 6.07) is 7.92. The van der Waals surface area contributed by atoms with E-state index < -0.39 is 46.8 Å². The maximum Gasteiger partial charge on any atom is 0.326 e. The second-order valence-corrected chi connectivity index (χ2v) is 9.93. The highest BCUT2D eigenvalue weighted by Gasteiger charge is 2.46. The first-order chi connectivity index (χ1) is 15.8. The average Bonchev–Trinajstić information content (AvgIpc) is 2.79. The zero-order valence-corrected chi connectivity index (χ0v) is 20.3. The molecule has 1 amide bonds. The number of aliphatic carboxylic acids is 1. The molecule has 0 aromatic heterocycles. The number of alkyl halides is 2. The van der Waals surface area contributed by atoms with Gasteiger partial charge >= 0.3 is 5.97 Å². The van der Waals surface area contributed by atoms with Gasteiger partial charge in [0.15, 0.2) is 0 Å². The minimum atomic E-state index is -1.19. The molecule has 8 nitrogen and oxygen atoms in total. The molecule has 2 fully saturated rings. The number of likely N-dealkylation sites (N-methyl/N-ethyl adjacent to an activating group) is 1. The average molecular weight is 502 g/mol. The number of carboxylic acids is 1. The maximum absolute atomic E-state index is 12.9. The van der Waals surface area contributed by atoms with Crippen LogP contribution in [0.5, 0.6) is 0 Å². The molecule has 3 rings (SSSR count). The van der Waals surface area contributed by atoms with Crippen molar-refractivity contribution in [3.63, 3.8) is 0 Å². The molecule has 1 heterocycles. The predicted molar refractivity (Wildman–Crippen MR) is 127 cm³/mol. The van der Waals surface area contributed by atoms with Gasteiger partial charge in [-0.2, -0.15) is 0 Å². The van der Waals surface area contributed by atoms with Crippen LogP contribution in [-0.4, -0.2) is 107 Å². The van der Waals surface area contributed by atoms with Crippen LogP contribution in [0.15, 0.2) is 30.3 Å². The van der Waals surface area contributed by atoms with Crippen molar-refractivity contribution < 1.29 is 24.5 Å². The summed E-state index contributed by atoms with van der Waals surface area (Å²) >= 11 is 13.0. The summed E-state index contributed by atoms with van der Waals surface area (Å²) < 4.78 is 5.93. The van der Waals surface area contributed by atoms with Crippen LogP contribution < -0.4 is 5.32 Å². The number of carbonyl (C=O) groups is 2. The molecule has 10 heteroatoms. The number of benzene rings is 1. The Morgan fingerprint density at radius 1 is 1.18 bits per heavy atom. The molecular formula is C23H33Cl2N3O5. The molecule has 3 N–H and O–H groups in total. The van der Waals surface area contributed by atoms with E-state index in [9.17, 15) is 19.8 Å². The molecule has 1 aliphatic heterocycles. The minimum Gasteiger partial charge on any atom is -0.480 e. The lowest BCUT2D eigenvalue weighted by molar-refractivity contribution is -0.144. The number of carboxylic acid groups (broad SMARTS) is 1. The largest absolute Gasteiger partial charge is 0.480 e. The molecule has 1 aromatic carbocycles. The molecule has 1 aromatic rings. The first-order valence-electron chi connectivity index (χ1n) is 11.3. The van der Waals surface area contributed by atoms with E-state index >= 15 is 0 Å². The highest BCUT2D eigenvalue weighted by atomic mass is 35.5. The molecule has 184 valence electrons. The monoisotopic (exact) mass is 501 g/mol. The van der Waals surface area contributed by atoms with Crippen molar-refractivity contribution >= 4 is 35.1 Å². The van der Waals surface area contributed by atoms with Crippen LogP contribution in [0.25, 0.3) is 0 Å². The third-order valence-corrected chi connectivity index (χ3v) is 7.37. The van der Waals surface area contributed by atoms with Gasteiger partial charge in [0.05, 0.1) is 35.5 Å². The lowest BCUT2D eigenvalue weighted by Gasteiger charge is -2.40. The third kappa shape index (κ3) is 7.28. The number of halogens is 2. The van der Waals surface area contributed by atoms with Gasteiger partial charge in [0, 0.05) is 39.1 Å². The Kier molecular flexibility index (Phi) is 9.79. The van der Waals surface area contributed by atoms with Gasteiger partial charge in [0.1, 0.15) is 6.04 Å². The number of aliphatic hydroxyl groups is 1. The van der Waals surface area contributed by atoms with Crippen LogP contribution in [0, 0.1) is 5.92 Å². The summed E-state index contributed by atoms with van der Waals surface area (Å²) in [6.07, 6.45) is -1.51. The topological polar surface area (TPSA) is 102 Å². The quantitative estimate of drug-likeness (QED) is 0.434. The van der Waals surface area contributed by atoms with Gasteiger partial charge in [-0.05, 0) is 19.0 Å². The zero-order valence-electron chi connectivity index (χ0n) is 18.8. The molecule has 0 spiro atoms. The molecule has 1 saturated heterocycles. The Bertz CT molecular complexity index is 779. The fourth-order valence-electron chi connectivity index (χ4n) is 4.31. The lowest BCUT2D eigenvalue weighted by atomic mass is 9.83. The molecule has 1 saturated carbocycles. The van der Waals surface area contributed by atoms with Crippen LogP contribution in [0.2, 0.25) is 0 Å². The Morgan fingerprint density at radius 2 is 1.85 bits per heavy atom. The lowest BCUT2D eigenvalue weighted by Crippen LogP contribution is -2.56. The van der Waals surface area contributed by atoms with Gasteiger partial charge in [0.25, 0.3) is 0 Å². The second kappa shape index (κ2) is 12.3. The van der Waals surface area contributed by atoms with Crippen molar-refractivity contribution in [2.45, 2.75) is 41.8 Å². The fraction of sp³-hybridized carbons (Fsp3) is 0.652. The first-order valence-corrected chi connectivity index (χ1v) is 12.2. The fourth-order valence-corrected chi connectivity index (χ4v) is 5.23. The van der Waals surface area contributed by atoms with Gasteiger partial charge in [-0.25, -0.2) is 4.79 Å². The maximum atomic E-state index is 12.9. The number of nitrogens with zero attached hydrogens (tertiary/aromatic N) is 2. The van der Waals surface area contributed by atoms with Gasteiger partial charge in [-0.1, -0.05) is 30.3 Å². The smallest absolute Gasteiger partial charge is 0.326 e. The van der Waals surface area contributed by atoms with Gasteiger partial charge in [-0.3, -0.25) is 9.69 Å². The summed E-state index contributed by atoms with van der Waals surface area (Å²) in [7, 11) is 2.10. The predicted octanol–water partition coefficient (Wildman–Crippen LogP) is 1.03. The number of hydrogen-bond acceptors (Lipinski definition) is 6. The normalized spacial score (nSPS) is 30.0. The van der Waals surface area contributed by atoms with Crippen molar-refractivity contribution in [2.24, 2.45) is 5.92 Å². The number of ether oxygens (including phenoxy) is 1. The summed E-state index contributed by atoms with van der Waals surface area (Å²) in [6.45, 7) is 5.14.